The standard InChI is InChI=1S/C19H18O6/c1-21-12-7-5-11(6-8-12)9-14-16(20)13-10-15(22-2)18(23-3)19(24-4)17(13)25-14/h5-10H,1-4H3/b14-9+. The molecule has 0 amide bonds. The SMILES string of the molecule is COc1ccc(/C=C2/Oc3c(cc(OC)c(OC)c3OC)C2=O)cc1. The lowest BCUT2D eigenvalue weighted by Crippen LogP contribution is -1.99. The summed E-state index contributed by atoms with van der Waals surface area (Å²) in [5, 5.41) is 0. The zero-order valence-corrected chi connectivity index (χ0v) is 14.4. The Morgan fingerprint density at radius 2 is 1.56 bits per heavy atom. The molecule has 1 aliphatic heterocycles. The minimum absolute atomic E-state index is 0.203. The molecular weight excluding hydrogens is 324 g/mol. The Kier molecular flexibility index (Phi) is 4.52. The van der Waals surface area contributed by atoms with Crippen molar-refractivity contribution in [3.63, 3.8) is 0 Å². The van der Waals surface area contributed by atoms with Crippen molar-refractivity contribution in [1.29, 1.82) is 0 Å². The Hall–Kier alpha value is -3.15. The third-order valence-corrected chi connectivity index (χ3v) is 3.88. The smallest absolute Gasteiger partial charge is 0.232 e. The second kappa shape index (κ2) is 6.76. The fraction of sp³-hybridized carbons (Fsp3) is 0.211. The number of rotatable bonds is 5. The van der Waals surface area contributed by atoms with Gasteiger partial charge in [-0.1, -0.05) is 12.1 Å². The number of carbonyl (C=O) groups is 1. The van der Waals surface area contributed by atoms with Crippen LogP contribution in [0.4, 0.5) is 0 Å². The highest BCUT2D eigenvalue weighted by molar-refractivity contribution is 6.15. The number of benzene rings is 2. The van der Waals surface area contributed by atoms with E-state index in [9.17, 15) is 4.79 Å². The van der Waals surface area contributed by atoms with Crippen LogP contribution >= 0.6 is 0 Å². The molecule has 0 saturated heterocycles. The van der Waals surface area contributed by atoms with Crippen molar-refractivity contribution in [2.24, 2.45) is 0 Å². The van der Waals surface area contributed by atoms with E-state index in [1.165, 1.54) is 21.3 Å². The zero-order chi connectivity index (χ0) is 18.0. The Labute approximate surface area is 145 Å². The van der Waals surface area contributed by atoms with Crippen molar-refractivity contribution in [2.45, 2.75) is 0 Å². The molecular formula is C19H18O6. The second-order valence-corrected chi connectivity index (χ2v) is 5.23. The van der Waals surface area contributed by atoms with Gasteiger partial charge in [-0.05, 0) is 29.8 Å². The molecule has 6 heteroatoms. The maximum Gasteiger partial charge on any atom is 0.232 e. The van der Waals surface area contributed by atoms with Gasteiger partial charge < -0.3 is 23.7 Å². The predicted molar refractivity (Wildman–Crippen MR) is 92.0 cm³/mol. The highest BCUT2D eigenvalue weighted by Crippen LogP contribution is 2.50. The average Bonchev–Trinajstić information content (AvgIpc) is 2.96. The van der Waals surface area contributed by atoms with Crippen LogP contribution in [0.25, 0.3) is 6.08 Å². The molecule has 0 radical (unpaired) electrons. The van der Waals surface area contributed by atoms with E-state index in [0.717, 1.165) is 11.3 Å². The summed E-state index contributed by atoms with van der Waals surface area (Å²) in [5.74, 6) is 2.12. The summed E-state index contributed by atoms with van der Waals surface area (Å²) in [6, 6.07) is 8.89. The first kappa shape index (κ1) is 16.7. The molecule has 0 spiro atoms. The summed E-state index contributed by atoms with van der Waals surface area (Å²) >= 11 is 0. The van der Waals surface area contributed by atoms with Crippen LogP contribution in [0.2, 0.25) is 0 Å². The number of hydrogen-bond acceptors (Lipinski definition) is 6. The van der Waals surface area contributed by atoms with Crippen LogP contribution in [0.15, 0.2) is 36.1 Å². The number of ether oxygens (including phenoxy) is 5. The molecule has 0 bridgehead atoms. The largest absolute Gasteiger partial charge is 0.497 e. The molecule has 1 heterocycles. The monoisotopic (exact) mass is 342 g/mol. The normalized spacial score (nSPS) is 14.1. The summed E-state index contributed by atoms with van der Waals surface area (Å²) in [5.41, 5.74) is 1.18. The Morgan fingerprint density at radius 3 is 2.12 bits per heavy atom. The third kappa shape index (κ3) is 2.87. The number of Topliss-reactive ketones (excluding diaryl/α,β-unsaturated/α-hetero) is 1. The van der Waals surface area contributed by atoms with Gasteiger partial charge in [0, 0.05) is 0 Å². The number of hydrogen-bond donors (Lipinski definition) is 0. The van der Waals surface area contributed by atoms with Gasteiger partial charge in [-0.25, -0.2) is 0 Å². The fourth-order valence-electron chi connectivity index (χ4n) is 2.64. The lowest BCUT2D eigenvalue weighted by atomic mass is 10.1. The molecule has 130 valence electrons. The van der Waals surface area contributed by atoms with Crippen LogP contribution in [-0.4, -0.2) is 34.2 Å². The van der Waals surface area contributed by atoms with Gasteiger partial charge in [0.05, 0.1) is 34.0 Å². The van der Waals surface area contributed by atoms with E-state index >= 15 is 0 Å². The van der Waals surface area contributed by atoms with Crippen LogP contribution < -0.4 is 23.7 Å². The van der Waals surface area contributed by atoms with Crippen LogP contribution in [0.1, 0.15) is 15.9 Å². The lowest BCUT2D eigenvalue weighted by molar-refractivity contribution is 0.101. The number of allylic oxidation sites excluding steroid dienone is 1. The Morgan fingerprint density at radius 1 is 0.880 bits per heavy atom. The summed E-state index contributed by atoms with van der Waals surface area (Å²) in [6.07, 6.45) is 1.67. The molecule has 0 saturated carbocycles. The van der Waals surface area contributed by atoms with Crippen LogP contribution in [0, 0.1) is 0 Å². The first-order chi connectivity index (χ1) is 12.1. The third-order valence-electron chi connectivity index (χ3n) is 3.88. The van der Waals surface area contributed by atoms with Gasteiger partial charge in [0.1, 0.15) is 5.75 Å². The van der Waals surface area contributed by atoms with E-state index < -0.39 is 0 Å². The highest BCUT2D eigenvalue weighted by Gasteiger charge is 2.34. The summed E-state index contributed by atoms with van der Waals surface area (Å²) in [6.45, 7) is 0. The van der Waals surface area contributed by atoms with E-state index in [1.54, 1.807) is 19.3 Å². The first-order valence-corrected chi connectivity index (χ1v) is 7.54. The molecule has 0 aliphatic carbocycles. The molecule has 6 nitrogen and oxygen atoms in total. The average molecular weight is 342 g/mol. The topological polar surface area (TPSA) is 63.2 Å². The van der Waals surface area contributed by atoms with Crippen molar-refractivity contribution in [1.82, 2.24) is 0 Å². The van der Waals surface area contributed by atoms with Crippen LogP contribution in [0.5, 0.6) is 28.7 Å². The Bertz CT molecular complexity index is 836. The molecule has 0 unspecified atom stereocenters. The van der Waals surface area contributed by atoms with Crippen molar-refractivity contribution in [3.05, 3.63) is 47.2 Å². The van der Waals surface area contributed by atoms with E-state index in [-0.39, 0.29) is 11.5 Å². The molecule has 2 aromatic carbocycles. The van der Waals surface area contributed by atoms with Gasteiger partial charge in [0.25, 0.3) is 0 Å². The van der Waals surface area contributed by atoms with Crippen LogP contribution in [0.3, 0.4) is 0 Å². The maximum atomic E-state index is 12.7. The van der Waals surface area contributed by atoms with E-state index in [2.05, 4.69) is 0 Å². The number of ketones is 1. The van der Waals surface area contributed by atoms with Gasteiger partial charge in [-0.2, -0.15) is 0 Å². The summed E-state index contributed by atoms with van der Waals surface area (Å²) < 4.78 is 26.9. The molecule has 0 aromatic heterocycles. The fourth-order valence-corrected chi connectivity index (χ4v) is 2.64. The molecule has 2 aromatic rings. The van der Waals surface area contributed by atoms with E-state index in [1.807, 2.05) is 24.3 Å². The molecule has 25 heavy (non-hydrogen) atoms. The van der Waals surface area contributed by atoms with Crippen molar-refractivity contribution >= 4 is 11.9 Å². The maximum absolute atomic E-state index is 12.7. The minimum atomic E-state index is -0.245. The summed E-state index contributed by atoms with van der Waals surface area (Å²) in [4.78, 5) is 12.7. The molecule has 0 atom stereocenters. The van der Waals surface area contributed by atoms with Gasteiger partial charge >= 0.3 is 0 Å². The zero-order valence-electron chi connectivity index (χ0n) is 14.4. The van der Waals surface area contributed by atoms with Gasteiger partial charge in [0.2, 0.25) is 17.3 Å². The number of carbonyl (C=O) groups excluding carboxylic acids is 1. The van der Waals surface area contributed by atoms with Crippen molar-refractivity contribution in [2.75, 3.05) is 28.4 Å². The molecule has 1 aliphatic rings. The molecule has 0 fully saturated rings. The van der Waals surface area contributed by atoms with Gasteiger partial charge in [-0.3, -0.25) is 4.79 Å². The second-order valence-electron chi connectivity index (χ2n) is 5.23. The van der Waals surface area contributed by atoms with Gasteiger partial charge in [-0.15, -0.1) is 0 Å². The van der Waals surface area contributed by atoms with Gasteiger partial charge in [0.15, 0.2) is 17.3 Å². The van der Waals surface area contributed by atoms with E-state index in [4.69, 9.17) is 23.7 Å². The number of methoxy groups -OCH3 is 4. The lowest BCUT2D eigenvalue weighted by Gasteiger charge is -2.14. The Balaban J connectivity index is 2.04. The first-order valence-electron chi connectivity index (χ1n) is 7.54. The van der Waals surface area contributed by atoms with E-state index in [0.29, 0.717) is 28.6 Å². The quantitative estimate of drug-likeness (QED) is 0.777. The highest BCUT2D eigenvalue weighted by atomic mass is 16.6. The van der Waals surface area contributed by atoms with Crippen molar-refractivity contribution < 1.29 is 28.5 Å². The molecule has 0 N–H and O–H groups in total. The predicted octanol–water partition coefficient (Wildman–Crippen LogP) is 3.34. The molecule has 3 rings (SSSR count). The summed E-state index contributed by atoms with van der Waals surface area (Å²) in [7, 11) is 6.08. The number of fused-ring (bicyclic) bond motifs is 1. The minimum Gasteiger partial charge on any atom is -0.497 e. The van der Waals surface area contributed by atoms with Crippen molar-refractivity contribution in [3.8, 4) is 28.7 Å². The van der Waals surface area contributed by atoms with Crippen LogP contribution in [-0.2, 0) is 0 Å².